The standard InChI is InChI=1S/C16H22N2OS/c1-3-11-19-14-8-6-5-7-13(14)16(18-17)15-10-9-12(4-2)20-15/h5-10,16,18H,3-4,11,17H2,1-2H3. The third kappa shape index (κ3) is 3.39. The van der Waals surface area contributed by atoms with E-state index in [1.165, 1.54) is 9.75 Å². The predicted octanol–water partition coefficient (Wildman–Crippen LogP) is 3.65. The zero-order valence-corrected chi connectivity index (χ0v) is 12.9. The molecule has 1 heterocycles. The first-order valence-electron chi connectivity index (χ1n) is 7.06. The second-order valence-corrected chi connectivity index (χ2v) is 5.84. The Bertz CT molecular complexity index is 539. The number of para-hydroxylation sites is 1. The Balaban J connectivity index is 2.31. The summed E-state index contributed by atoms with van der Waals surface area (Å²) in [5.41, 5.74) is 4.01. The number of benzene rings is 1. The van der Waals surface area contributed by atoms with Gasteiger partial charge < -0.3 is 4.74 Å². The number of ether oxygens (including phenoxy) is 1. The molecule has 0 saturated carbocycles. The highest BCUT2D eigenvalue weighted by Gasteiger charge is 2.18. The van der Waals surface area contributed by atoms with Crippen LogP contribution in [0.25, 0.3) is 0 Å². The Labute approximate surface area is 124 Å². The summed E-state index contributed by atoms with van der Waals surface area (Å²) in [4.78, 5) is 2.59. The smallest absolute Gasteiger partial charge is 0.124 e. The van der Waals surface area contributed by atoms with Gasteiger partial charge in [0.2, 0.25) is 0 Å². The molecule has 108 valence electrons. The molecule has 0 amide bonds. The summed E-state index contributed by atoms with van der Waals surface area (Å²) in [5, 5.41) is 0. The van der Waals surface area contributed by atoms with Crippen molar-refractivity contribution in [3.8, 4) is 5.75 Å². The van der Waals surface area contributed by atoms with E-state index in [1.807, 2.05) is 18.2 Å². The molecule has 3 nitrogen and oxygen atoms in total. The maximum Gasteiger partial charge on any atom is 0.124 e. The van der Waals surface area contributed by atoms with Gasteiger partial charge in [0.1, 0.15) is 5.75 Å². The molecule has 0 aliphatic rings. The van der Waals surface area contributed by atoms with Crippen LogP contribution in [0.1, 0.15) is 41.6 Å². The van der Waals surface area contributed by atoms with E-state index in [9.17, 15) is 0 Å². The first-order chi connectivity index (χ1) is 9.80. The molecule has 0 bridgehead atoms. The molecular formula is C16H22N2OS. The lowest BCUT2D eigenvalue weighted by Crippen LogP contribution is -2.28. The lowest BCUT2D eigenvalue weighted by atomic mass is 10.0. The SMILES string of the molecule is CCCOc1ccccc1C(NN)c1ccc(CC)s1. The minimum atomic E-state index is -0.0200. The highest BCUT2D eigenvalue weighted by molar-refractivity contribution is 7.12. The molecule has 1 atom stereocenters. The summed E-state index contributed by atoms with van der Waals surface area (Å²) in [6, 6.07) is 12.4. The first kappa shape index (κ1) is 15.0. The fourth-order valence-electron chi connectivity index (χ4n) is 2.13. The number of aryl methyl sites for hydroxylation is 1. The van der Waals surface area contributed by atoms with Crippen molar-refractivity contribution in [1.82, 2.24) is 5.43 Å². The Morgan fingerprint density at radius 3 is 2.65 bits per heavy atom. The molecule has 2 rings (SSSR count). The van der Waals surface area contributed by atoms with Gasteiger partial charge in [0, 0.05) is 15.3 Å². The molecule has 1 unspecified atom stereocenters. The van der Waals surface area contributed by atoms with Crippen LogP contribution in [-0.2, 0) is 6.42 Å². The van der Waals surface area contributed by atoms with E-state index in [1.54, 1.807) is 11.3 Å². The number of rotatable bonds is 7. The van der Waals surface area contributed by atoms with Crippen LogP contribution in [0.15, 0.2) is 36.4 Å². The van der Waals surface area contributed by atoms with E-state index in [2.05, 4.69) is 37.5 Å². The van der Waals surface area contributed by atoms with Crippen molar-refractivity contribution in [2.24, 2.45) is 5.84 Å². The summed E-state index contributed by atoms with van der Waals surface area (Å²) in [5.74, 6) is 6.69. The Hall–Kier alpha value is -1.36. The number of hydrogen-bond donors (Lipinski definition) is 2. The average molecular weight is 290 g/mol. The van der Waals surface area contributed by atoms with Crippen molar-refractivity contribution >= 4 is 11.3 Å². The number of hydrogen-bond acceptors (Lipinski definition) is 4. The van der Waals surface area contributed by atoms with Gasteiger partial charge in [-0.3, -0.25) is 5.84 Å². The quantitative estimate of drug-likeness (QED) is 0.604. The molecule has 2 aromatic rings. The van der Waals surface area contributed by atoms with Gasteiger partial charge >= 0.3 is 0 Å². The van der Waals surface area contributed by atoms with Gasteiger partial charge in [-0.05, 0) is 31.0 Å². The van der Waals surface area contributed by atoms with Gasteiger partial charge in [0.05, 0.1) is 12.6 Å². The molecular weight excluding hydrogens is 268 g/mol. The van der Waals surface area contributed by atoms with Crippen molar-refractivity contribution in [2.45, 2.75) is 32.7 Å². The summed E-state index contributed by atoms with van der Waals surface area (Å²) in [6.45, 7) is 4.99. The number of nitrogens with two attached hydrogens (primary N) is 1. The molecule has 0 fully saturated rings. The molecule has 4 heteroatoms. The molecule has 1 aromatic carbocycles. The van der Waals surface area contributed by atoms with Crippen molar-refractivity contribution in [3.05, 3.63) is 51.7 Å². The second-order valence-electron chi connectivity index (χ2n) is 4.64. The van der Waals surface area contributed by atoms with Crippen LogP contribution in [0.5, 0.6) is 5.75 Å². The molecule has 0 radical (unpaired) electrons. The van der Waals surface area contributed by atoms with Gasteiger partial charge in [0.15, 0.2) is 0 Å². The summed E-state index contributed by atoms with van der Waals surface area (Å²) in [6.07, 6.45) is 2.05. The zero-order chi connectivity index (χ0) is 14.4. The fraction of sp³-hybridized carbons (Fsp3) is 0.375. The lowest BCUT2D eigenvalue weighted by Gasteiger charge is -2.18. The van der Waals surface area contributed by atoms with Gasteiger partial charge in [-0.25, -0.2) is 5.43 Å². The Morgan fingerprint density at radius 2 is 2.00 bits per heavy atom. The Kier molecular flexibility index (Phi) is 5.59. The summed E-state index contributed by atoms with van der Waals surface area (Å²) < 4.78 is 5.83. The van der Waals surface area contributed by atoms with Gasteiger partial charge in [0.25, 0.3) is 0 Å². The van der Waals surface area contributed by atoms with Crippen molar-refractivity contribution in [3.63, 3.8) is 0 Å². The molecule has 3 N–H and O–H groups in total. The van der Waals surface area contributed by atoms with Crippen LogP contribution in [0, 0.1) is 0 Å². The highest BCUT2D eigenvalue weighted by Crippen LogP contribution is 2.33. The van der Waals surface area contributed by atoms with Gasteiger partial charge in [-0.15, -0.1) is 11.3 Å². The normalized spacial score (nSPS) is 12.3. The van der Waals surface area contributed by atoms with Crippen LogP contribution in [-0.4, -0.2) is 6.61 Å². The van der Waals surface area contributed by atoms with E-state index >= 15 is 0 Å². The van der Waals surface area contributed by atoms with Gasteiger partial charge in [-0.1, -0.05) is 32.0 Å². The maximum atomic E-state index is 5.83. The molecule has 0 spiro atoms. The van der Waals surface area contributed by atoms with Crippen molar-refractivity contribution in [2.75, 3.05) is 6.61 Å². The summed E-state index contributed by atoms with van der Waals surface area (Å²) >= 11 is 1.79. The fourth-order valence-corrected chi connectivity index (χ4v) is 3.16. The minimum Gasteiger partial charge on any atom is -0.493 e. The van der Waals surface area contributed by atoms with Crippen LogP contribution in [0.3, 0.4) is 0 Å². The highest BCUT2D eigenvalue weighted by atomic mass is 32.1. The van der Waals surface area contributed by atoms with Crippen molar-refractivity contribution in [1.29, 1.82) is 0 Å². The molecule has 1 aromatic heterocycles. The number of nitrogens with one attached hydrogen (secondary N) is 1. The van der Waals surface area contributed by atoms with E-state index in [4.69, 9.17) is 10.6 Å². The third-order valence-corrected chi connectivity index (χ3v) is 4.47. The molecule has 0 aliphatic carbocycles. The predicted molar refractivity (Wildman–Crippen MR) is 85.1 cm³/mol. The van der Waals surface area contributed by atoms with Crippen LogP contribution < -0.4 is 16.0 Å². The van der Waals surface area contributed by atoms with Crippen LogP contribution in [0.4, 0.5) is 0 Å². The van der Waals surface area contributed by atoms with Gasteiger partial charge in [-0.2, -0.15) is 0 Å². The van der Waals surface area contributed by atoms with E-state index < -0.39 is 0 Å². The third-order valence-electron chi connectivity index (χ3n) is 3.17. The first-order valence-corrected chi connectivity index (χ1v) is 7.88. The lowest BCUT2D eigenvalue weighted by molar-refractivity contribution is 0.312. The van der Waals surface area contributed by atoms with E-state index in [-0.39, 0.29) is 6.04 Å². The monoisotopic (exact) mass is 290 g/mol. The largest absolute Gasteiger partial charge is 0.493 e. The number of thiophene rings is 1. The number of hydrazine groups is 1. The average Bonchev–Trinajstić information content (AvgIpc) is 2.96. The zero-order valence-electron chi connectivity index (χ0n) is 12.1. The van der Waals surface area contributed by atoms with E-state index in [0.29, 0.717) is 0 Å². The minimum absolute atomic E-state index is 0.0200. The van der Waals surface area contributed by atoms with Crippen LogP contribution in [0.2, 0.25) is 0 Å². The summed E-state index contributed by atoms with van der Waals surface area (Å²) in [7, 11) is 0. The molecule has 0 saturated heterocycles. The Morgan fingerprint density at radius 1 is 1.20 bits per heavy atom. The maximum absolute atomic E-state index is 5.83. The molecule has 20 heavy (non-hydrogen) atoms. The van der Waals surface area contributed by atoms with Crippen molar-refractivity contribution < 1.29 is 4.74 Å². The second kappa shape index (κ2) is 7.43. The van der Waals surface area contributed by atoms with E-state index in [0.717, 1.165) is 30.8 Å². The van der Waals surface area contributed by atoms with Crippen LogP contribution >= 0.6 is 11.3 Å². The molecule has 0 aliphatic heterocycles. The topological polar surface area (TPSA) is 47.3 Å².